The third-order valence-electron chi connectivity index (χ3n) is 14.9. The van der Waals surface area contributed by atoms with Crippen LogP contribution in [-0.2, 0) is 19.1 Å². The van der Waals surface area contributed by atoms with E-state index in [1.165, 1.54) is 16.9 Å². The summed E-state index contributed by atoms with van der Waals surface area (Å²) in [5.41, 5.74) is 2.17. The first kappa shape index (κ1) is 40.2. The predicted octanol–water partition coefficient (Wildman–Crippen LogP) is 5.25. The summed E-state index contributed by atoms with van der Waals surface area (Å²) in [7, 11) is 0. The minimum absolute atomic E-state index is 0.0133. The highest BCUT2D eigenvalue weighted by atomic mass is 19.3. The summed E-state index contributed by atoms with van der Waals surface area (Å²) in [6.45, 7) is 5.86. The SMILES string of the molecule is O=C1CCC(c2coc3ccc4cc(NC(=O)CN5CCN(CC6CCC(n7cc(NC(=O)c8cnn9ccc(N%10C[C@@]%11%12C[C@@]%10%11CO%12)nc89)c(C(F)F)n7)CC6)CC5)ccc4c23)C(=O)N1. The van der Waals surface area contributed by atoms with Crippen LogP contribution in [0.1, 0.15) is 84.9 Å². The van der Waals surface area contributed by atoms with Crippen molar-refractivity contribution in [3.05, 3.63) is 78.1 Å². The van der Waals surface area contributed by atoms with E-state index in [4.69, 9.17) is 14.1 Å². The molecule has 8 heterocycles. The number of hydrogen-bond donors (Lipinski definition) is 3. The number of alkyl halides is 2. The minimum atomic E-state index is -2.87. The Labute approximate surface area is 370 Å². The van der Waals surface area contributed by atoms with Crippen molar-refractivity contribution in [1.82, 2.24) is 39.5 Å². The maximum atomic E-state index is 14.3. The van der Waals surface area contributed by atoms with Crippen molar-refractivity contribution in [2.75, 3.05) is 68.0 Å². The van der Waals surface area contributed by atoms with Crippen LogP contribution in [0, 0.1) is 5.92 Å². The molecule has 2 aromatic carbocycles. The lowest BCUT2D eigenvalue weighted by molar-refractivity contribution is -0.134. The molecule has 19 heteroatoms. The molecule has 2 saturated carbocycles. The number of fused-ring (bicyclic) bond motifs is 4. The number of nitrogens with one attached hydrogen (secondary N) is 3. The highest BCUT2D eigenvalue weighted by molar-refractivity contribution is 6.12. The normalized spacial score (nSPS) is 26.8. The number of imide groups is 1. The number of carbonyl (C=O) groups is 4. The molecule has 12 rings (SSSR count). The first-order valence-corrected chi connectivity index (χ1v) is 22.5. The van der Waals surface area contributed by atoms with Crippen LogP contribution in [0.5, 0.6) is 0 Å². The van der Waals surface area contributed by atoms with Crippen molar-refractivity contribution in [2.24, 2.45) is 5.92 Å². The molecule has 0 spiro atoms. The third kappa shape index (κ3) is 6.76. The van der Waals surface area contributed by atoms with E-state index >= 15 is 0 Å². The number of hydrogen-bond acceptors (Lipinski definition) is 12. The largest absolute Gasteiger partial charge is 0.464 e. The van der Waals surface area contributed by atoms with E-state index in [2.05, 4.69) is 40.8 Å². The molecule has 6 aliphatic rings. The lowest BCUT2D eigenvalue weighted by Crippen LogP contribution is -2.71. The number of anilines is 3. The van der Waals surface area contributed by atoms with Gasteiger partial charge in [0.15, 0.2) is 11.3 Å². The van der Waals surface area contributed by atoms with Crippen molar-refractivity contribution in [3.8, 4) is 0 Å². The summed E-state index contributed by atoms with van der Waals surface area (Å²) >= 11 is 0. The maximum Gasteiger partial charge on any atom is 0.284 e. The van der Waals surface area contributed by atoms with Crippen LogP contribution in [0.4, 0.5) is 26.0 Å². The van der Waals surface area contributed by atoms with E-state index < -0.39 is 23.9 Å². The molecule has 4 aliphatic heterocycles. The quantitative estimate of drug-likeness (QED) is 0.144. The van der Waals surface area contributed by atoms with Gasteiger partial charge in [-0.25, -0.2) is 18.3 Å². The molecule has 6 aromatic rings. The Morgan fingerprint density at radius 1 is 0.985 bits per heavy atom. The minimum Gasteiger partial charge on any atom is -0.464 e. The van der Waals surface area contributed by atoms with Gasteiger partial charge in [-0.05, 0) is 73.1 Å². The van der Waals surface area contributed by atoms with Gasteiger partial charge < -0.3 is 29.6 Å². The summed E-state index contributed by atoms with van der Waals surface area (Å²) in [5, 5.41) is 19.4. The number of benzene rings is 2. The average Bonchev–Trinajstić information content (AvgIpc) is 3.99. The van der Waals surface area contributed by atoms with Crippen molar-refractivity contribution in [3.63, 3.8) is 0 Å². The summed E-state index contributed by atoms with van der Waals surface area (Å²) < 4.78 is 43.3. The number of rotatable bonds is 11. The highest BCUT2D eigenvalue weighted by Gasteiger charge is 2.87. The smallest absolute Gasteiger partial charge is 0.284 e. The zero-order chi connectivity index (χ0) is 44.2. The molecule has 6 fully saturated rings. The molecule has 4 amide bonds. The van der Waals surface area contributed by atoms with E-state index in [1.807, 2.05) is 36.4 Å². The fraction of sp³-hybridized carbons (Fsp3) is 0.457. The molecular formula is C46H47F2N11O6. The lowest BCUT2D eigenvalue weighted by atomic mass is 9.85. The number of ether oxygens (including phenoxy) is 1. The maximum absolute atomic E-state index is 14.3. The number of morpholine rings is 1. The molecule has 65 heavy (non-hydrogen) atoms. The second kappa shape index (κ2) is 15.1. The van der Waals surface area contributed by atoms with Crippen molar-refractivity contribution in [1.29, 1.82) is 0 Å². The second-order valence-electron chi connectivity index (χ2n) is 18.7. The number of furan rings is 1. The van der Waals surface area contributed by atoms with Gasteiger partial charge in [0.1, 0.15) is 22.6 Å². The van der Waals surface area contributed by atoms with Gasteiger partial charge in [0.2, 0.25) is 17.7 Å². The van der Waals surface area contributed by atoms with Crippen molar-refractivity contribution in [2.45, 2.75) is 74.5 Å². The number of halogens is 2. The summed E-state index contributed by atoms with van der Waals surface area (Å²) in [4.78, 5) is 62.7. The molecule has 3 N–H and O–H groups in total. The Morgan fingerprint density at radius 3 is 2.55 bits per heavy atom. The Hall–Kier alpha value is -6.31. The monoisotopic (exact) mass is 887 g/mol. The first-order valence-electron chi connectivity index (χ1n) is 22.5. The standard InChI is InChI=1S/C46H47F2N11O6/c47-41(48)40-34(51-44(63)32-18-49-58-12-11-36(52-42(32)58)57-24-46-23-45(46,57)25-65-46)20-59(54-40)29-5-1-26(2-6-29)19-55-13-15-56(16-14-55)21-38(61)50-28-4-7-30-27(17-28)3-9-35-39(30)33(22-64-35)31-8-10-37(60)53-43(31)62/h3-4,7,9,11-12,17-18,20,22,26,29,31,41H,1-2,5-6,8,10,13-16,19,21,23-25H2,(H,50,61)(H,51,63)(H,53,60,62)/t26?,29?,31?,45-,46-/m0/s1. The van der Waals surface area contributed by atoms with Crippen LogP contribution in [0.3, 0.4) is 0 Å². The van der Waals surface area contributed by atoms with Gasteiger partial charge in [-0.2, -0.15) is 10.2 Å². The predicted molar refractivity (Wildman–Crippen MR) is 233 cm³/mol. The molecular weight excluding hydrogens is 841 g/mol. The summed E-state index contributed by atoms with van der Waals surface area (Å²) in [5.74, 6) is -0.520. The third-order valence-corrected chi connectivity index (χ3v) is 14.9. The van der Waals surface area contributed by atoms with Crippen LogP contribution in [0.15, 0.2) is 65.7 Å². The lowest BCUT2D eigenvalue weighted by Gasteiger charge is -2.54. The van der Waals surface area contributed by atoms with E-state index in [0.717, 1.165) is 98.9 Å². The fourth-order valence-corrected chi connectivity index (χ4v) is 11.2. The number of nitrogens with zero attached hydrogens (tertiary/aromatic N) is 8. The molecule has 1 unspecified atom stereocenters. The number of piperidine rings is 1. The molecule has 3 atom stereocenters. The zero-order valence-corrected chi connectivity index (χ0v) is 35.5. The van der Waals surface area contributed by atoms with E-state index in [9.17, 15) is 28.0 Å². The Kier molecular flexibility index (Phi) is 9.36. The molecule has 4 saturated heterocycles. The van der Waals surface area contributed by atoms with Gasteiger partial charge >= 0.3 is 0 Å². The molecule has 336 valence electrons. The molecule has 17 nitrogen and oxygen atoms in total. The number of aromatic nitrogens is 5. The van der Waals surface area contributed by atoms with Gasteiger partial charge in [0.25, 0.3) is 12.3 Å². The van der Waals surface area contributed by atoms with Crippen LogP contribution in [-0.4, -0.2) is 121 Å². The summed E-state index contributed by atoms with van der Waals surface area (Å²) in [6, 6.07) is 11.3. The molecule has 0 bridgehead atoms. The molecule has 0 radical (unpaired) electrons. The Balaban J connectivity index is 0.619. The van der Waals surface area contributed by atoms with Crippen LogP contribution < -0.4 is 20.9 Å². The van der Waals surface area contributed by atoms with E-state index in [-0.39, 0.29) is 59.1 Å². The van der Waals surface area contributed by atoms with E-state index in [0.29, 0.717) is 35.9 Å². The number of amides is 4. The molecule has 2 aliphatic carbocycles. The van der Waals surface area contributed by atoms with Crippen molar-refractivity contribution >= 4 is 68.2 Å². The van der Waals surface area contributed by atoms with Gasteiger partial charge in [0, 0.05) is 74.6 Å². The van der Waals surface area contributed by atoms with E-state index in [1.54, 1.807) is 17.1 Å². The number of piperazine rings is 1. The highest BCUT2D eigenvalue weighted by Crippen LogP contribution is 2.71. The summed E-state index contributed by atoms with van der Waals surface area (Å²) in [6.07, 6.45) is 8.55. The Morgan fingerprint density at radius 2 is 1.82 bits per heavy atom. The first-order chi connectivity index (χ1) is 31.5. The van der Waals surface area contributed by atoms with Gasteiger partial charge in [0.05, 0.1) is 55.3 Å². The zero-order valence-electron chi connectivity index (χ0n) is 35.5. The van der Waals surface area contributed by atoms with Gasteiger partial charge in [-0.3, -0.25) is 34.1 Å². The fourth-order valence-electron chi connectivity index (χ4n) is 11.2. The van der Waals surface area contributed by atoms with Gasteiger partial charge in [-0.1, -0.05) is 12.1 Å². The molecule has 4 aromatic heterocycles. The van der Waals surface area contributed by atoms with Crippen LogP contribution in [0.2, 0.25) is 0 Å². The van der Waals surface area contributed by atoms with Gasteiger partial charge in [-0.15, -0.1) is 0 Å². The average molecular weight is 888 g/mol. The topological polar surface area (TPSA) is 184 Å². The number of carbonyl (C=O) groups excluding carboxylic acids is 4. The van der Waals surface area contributed by atoms with Crippen molar-refractivity contribution < 1.29 is 37.1 Å². The van der Waals surface area contributed by atoms with Crippen LogP contribution in [0.25, 0.3) is 27.4 Å². The Bertz CT molecular complexity index is 2930. The second-order valence-corrected chi connectivity index (χ2v) is 18.7. The van der Waals surface area contributed by atoms with Crippen LogP contribution >= 0.6 is 0 Å².